The molecule has 0 aliphatic rings. The molecule has 134 valence electrons. The molecule has 0 saturated carbocycles. The average Bonchev–Trinajstić information content (AvgIpc) is 3.04. The standard InChI is InChI=1S/C18H19N5O3/c1-11-15(12(2)23-18(21-11)19-10-20-23)7-8-16(24)22-14-5-3-13(4-6-14)9-17(25)26/h3-6,10H,7-9H2,1-2H3,(H,22,24)(H,25,26). The number of amides is 1. The number of nitrogens with one attached hydrogen (secondary N) is 1. The fourth-order valence-electron chi connectivity index (χ4n) is 2.86. The molecule has 2 N–H and O–H groups in total. The predicted molar refractivity (Wildman–Crippen MR) is 95.0 cm³/mol. The van der Waals surface area contributed by atoms with E-state index >= 15 is 0 Å². The number of hydrogen-bond acceptors (Lipinski definition) is 5. The number of carboxylic acids is 1. The Morgan fingerprint density at radius 1 is 1.19 bits per heavy atom. The van der Waals surface area contributed by atoms with Crippen molar-refractivity contribution in [2.75, 3.05) is 5.32 Å². The monoisotopic (exact) mass is 353 g/mol. The minimum atomic E-state index is -0.884. The highest BCUT2D eigenvalue weighted by Gasteiger charge is 2.12. The van der Waals surface area contributed by atoms with Gasteiger partial charge < -0.3 is 10.4 Å². The molecule has 1 aromatic carbocycles. The topological polar surface area (TPSA) is 109 Å². The molecule has 1 amide bonds. The van der Waals surface area contributed by atoms with Gasteiger partial charge in [0.2, 0.25) is 5.91 Å². The van der Waals surface area contributed by atoms with Gasteiger partial charge in [-0.2, -0.15) is 10.1 Å². The molecule has 2 heterocycles. The molecule has 0 unspecified atom stereocenters. The first-order valence-electron chi connectivity index (χ1n) is 8.20. The zero-order valence-electron chi connectivity index (χ0n) is 14.6. The van der Waals surface area contributed by atoms with Gasteiger partial charge in [0.25, 0.3) is 5.78 Å². The quantitative estimate of drug-likeness (QED) is 0.701. The summed E-state index contributed by atoms with van der Waals surface area (Å²) < 4.78 is 1.67. The lowest BCUT2D eigenvalue weighted by Gasteiger charge is -2.11. The van der Waals surface area contributed by atoms with E-state index in [1.807, 2.05) is 13.8 Å². The zero-order chi connectivity index (χ0) is 18.7. The van der Waals surface area contributed by atoms with Gasteiger partial charge in [-0.15, -0.1) is 0 Å². The van der Waals surface area contributed by atoms with E-state index in [1.54, 1.807) is 28.8 Å². The molecule has 2 aromatic heterocycles. The number of benzene rings is 1. The van der Waals surface area contributed by atoms with E-state index in [1.165, 1.54) is 6.33 Å². The van der Waals surface area contributed by atoms with Crippen molar-refractivity contribution in [3.05, 3.63) is 53.1 Å². The molecular weight excluding hydrogens is 334 g/mol. The molecule has 3 rings (SSSR count). The second kappa shape index (κ2) is 7.30. The van der Waals surface area contributed by atoms with Gasteiger partial charge in [-0.05, 0) is 43.5 Å². The van der Waals surface area contributed by atoms with Crippen LogP contribution in [0.5, 0.6) is 0 Å². The number of aromatic nitrogens is 4. The van der Waals surface area contributed by atoms with E-state index < -0.39 is 5.97 Å². The van der Waals surface area contributed by atoms with Crippen LogP contribution in [0.15, 0.2) is 30.6 Å². The number of anilines is 1. The van der Waals surface area contributed by atoms with Crippen LogP contribution < -0.4 is 5.32 Å². The number of rotatable bonds is 6. The van der Waals surface area contributed by atoms with Gasteiger partial charge in [0, 0.05) is 23.5 Å². The molecule has 0 bridgehead atoms. The molecule has 3 aromatic rings. The van der Waals surface area contributed by atoms with E-state index in [4.69, 9.17) is 5.11 Å². The van der Waals surface area contributed by atoms with Gasteiger partial charge in [0.15, 0.2) is 0 Å². The van der Waals surface area contributed by atoms with Crippen molar-refractivity contribution in [2.24, 2.45) is 0 Å². The maximum atomic E-state index is 12.2. The maximum absolute atomic E-state index is 12.2. The summed E-state index contributed by atoms with van der Waals surface area (Å²) in [5.41, 5.74) is 4.08. The first-order chi connectivity index (χ1) is 12.4. The second-order valence-electron chi connectivity index (χ2n) is 6.05. The van der Waals surface area contributed by atoms with Gasteiger partial charge in [-0.1, -0.05) is 12.1 Å². The summed E-state index contributed by atoms with van der Waals surface area (Å²) in [4.78, 5) is 31.4. The highest BCUT2D eigenvalue weighted by atomic mass is 16.4. The molecule has 0 saturated heterocycles. The molecule has 26 heavy (non-hydrogen) atoms. The van der Waals surface area contributed by atoms with Gasteiger partial charge in [0.05, 0.1) is 6.42 Å². The first-order valence-corrected chi connectivity index (χ1v) is 8.20. The van der Waals surface area contributed by atoms with Crippen molar-refractivity contribution in [3.63, 3.8) is 0 Å². The molecule has 0 fully saturated rings. The van der Waals surface area contributed by atoms with Crippen molar-refractivity contribution >= 4 is 23.3 Å². The summed E-state index contributed by atoms with van der Waals surface area (Å²) in [5.74, 6) is -0.450. The van der Waals surface area contributed by atoms with Crippen LogP contribution >= 0.6 is 0 Å². The van der Waals surface area contributed by atoms with Crippen LogP contribution in [0.3, 0.4) is 0 Å². The number of carbonyl (C=O) groups excluding carboxylic acids is 1. The lowest BCUT2D eigenvalue weighted by atomic mass is 10.1. The van der Waals surface area contributed by atoms with E-state index in [0.29, 0.717) is 29.9 Å². The van der Waals surface area contributed by atoms with Crippen LogP contribution in [0.4, 0.5) is 5.69 Å². The number of aliphatic carboxylic acids is 1. The smallest absolute Gasteiger partial charge is 0.307 e. The van der Waals surface area contributed by atoms with Crippen molar-refractivity contribution in [3.8, 4) is 0 Å². The van der Waals surface area contributed by atoms with Crippen molar-refractivity contribution < 1.29 is 14.7 Å². The van der Waals surface area contributed by atoms with Crippen LogP contribution in [-0.4, -0.2) is 36.6 Å². The Morgan fingerprint density at radius 2 is 1.92 bits per heavy atom. The van der Waals surface area contributed by atoms with Gasteiger partial charge in [0.1, 0.15) is 6.33 Å². The minimum Gasteiger partial charge on any atom is -0.481 e. The van der Waals surface area contributed by atoms with Crippen molar-refractivity contribution in [2.45, 2.75) is 33.1 Å². The number of carbonyl (C=O) groups is 2. The number of nitrogens with zero attached hydrogens (tertiary/aromatic N) is 4. The largest absolute Gasteiger partial charge is 0.481 e. The Morgan fingerprint density at radius 3 is 2.62 bits per heavy atom. The Balaban J connectivity index is 1.63. The Labute approximate surface area is 149 Å². The Hall–Kier alpha value is -3.29. The van der Waals surface area contributed by atoms with E-state index in [0.717, 1.165) is 17.0 Å². The summed E-state index contributed by atoms with van der Waals surface area (Å²) in [6, 6.07) is 6.80. The van der Waals surface area contributed by atoms with Gasteiger partial charge >= 0.3 is 5.97 Å². The fraction of sp³-hybridized carbons (Fsp3) is 0.278. The second-order valence-corrected chi connectivity index (χ2v) is 6.05. The number of fused-ring (bicyclic) bond motifs is 1. The molecular formula is C18H19N5O3. The third-order valence-electron chi connectivity index (χ3n) is 4.18. The summed E-state index contributed by atoms with van der Waals surface area (Å²) in [5, 5.41) is 15.7. The van der Waals surface area contributed by atoms with Crippen LogP contribution in [0.2, 0.25) is 0 Å². The lowest BCUT2D eigenvalue weighted by Crippen LogP contribution is -2.14. The third kappa shape index (κ3) is 3.85. The molecule has 0 aliphatic carbocycles. The normalized spacial score (nSPS) is 10.8. The van der Waals surface area contributed by atoms with E-state index in [-0.39, 0.29) is 12.3 Å². The maximum Gasteiger partial charge on any atom is 0.307 e. The number of hydrogen-bond donors (Lipinski definition) is 2. The molecule has 0 aliphatic heterocycles. The lowest BCUT2D eigenvalue weighted by molar-refractivity contribution is -0.136. The van der Waals surface area contributed by atoms with Gasteiger partial charge in [-0.3, -0.25) is 9.59 Å². The first kappa shape index (κ1) is 17.5. The van der Waals surface area contributed by atoms with Gasteiger partial charge in [-0.25, -0.2) is 9.50 Å². The zero-order valence-corrected chi connectivity index (χ0v) is 14.6. The fourth-order valence-corrected chi connectivity index (χ4v) is 2.86. The average molecular weight is 353 g/mol. The molecule has 8 heteroatoms. The third-order valence-corrected chi connectivity index (χ3v) is 4.18. The van der Waals surface area contributed by atoms with Crippen molar-refractivity contribution in [1.82, 2.24) is 19.6 Å². The minimum absolute atomic E-state index is 0.0372. The summed E-state index contributed by atoms with van der Waals surface area (Å²) in [7, 11) is 0. The van der Waals surface area contributed by atoms with Crippen LogP contribution in [0.1, 0.15) is 28.9 Å². The highest BCUT2D eigenvalue weighted by Crippen LogP contribution is 2.16. The number of carboxylic acid groups (broad SMARTS) is 1. The predicted octanol–water partition coefficient (Wildman–Crippen LogP) is 1.94. The van der Waals surface area contributed by atoms with Crippen LogP contribution in [0, 0.1) is 13.8 Å². The SMILES string of the molecule is Cc1nc2ncnn2c(C)c1CCC(=O)Nc1ccc(CC(=O)O)cc1. The molecule has 0 spiro atoms. The van der Waals surface area contributed by atoms with E-state index in [9.17, 15) is 9.59 Å². The van der Waals surface area contributed by atoms with Crippen LogP contribution in [0.25, 0.3) is 5.78 Å². The molecule has 0 radical (unpaired) electrons. The Bertz CT molecular complexity index is 963. The van der Waals surface area contributed by atoms with Crippen molar-refractivity contribution in [1.29, 1.82) is 0 Å². The highest BCUT2D eigenvalue weighted by molar-refractivity contribution is 5.90. The van der Waals surface area contributed by atoms with E-state index in [2.05, 4.69) is 20.4 Å². The molecule has 8 nitrogen and oxygen atoms in total. The summed E-state index contributed by atoms with van der Waals surface area (Å²) in [6.45, 7) is 3.83. The number of aryl methyl sites for hydroxylation is 2. The summed E-state index contributed by atoms with van der Waals surface area (Å²) in [6.07, 6.45) is 2.27. The summed E-state index contributed by atoms with van der Waals surface area (Å²) >= 11 is 0. The molecule has 0 atom stereocenters. The van der Waals surface area contributed by atoms with Crippen LogP contribution in [-0.2, 0) is 22.4 Å². The Kier molecular flexibility index (Phi) is 4.92.